The number of carbonyl (C=O) groups is 4. The molecule has 1 saturated heterocycles. The van der Waals surface area contributed by atoms with Gasteiger partial charge in [-0.3, -0.25) is 19.2 Å². The number of rotatable bonds is 14. The minimum Gasteiger partial charge on any atom is -0.463 e. The number of hydrogen-bond donors (Lipinski definition) is 3. The number of aryl methyl sites for hydroxylation is 1. The third kappa shape index (κ3) is 10.4. The van der Waals surface area contributed by atoms with Crippen molar-refractivity contribution in [2.75, 3.05) is 26.4 Å². The number of aromatic nitrogens is 1. The van der Waals surface area contributed by atoms with Crippen LogP contribution in [0.4, 0.5) is 0 Å². The van der Waals surface area contributed by atoms with E-state index in [0.29, 0.717) is 0 Å². The molecule has 0 aliphatic carbocycles. The second kappa shape index (κ2) is 16.6. The van der Waals surface area contributed by atoms with Crippen LogP contribution >= 0.6 is 11.3 Å². The molecule has 47 heavy (non-hydrogen) atoms. The van der Waals surface area contributed by atoms with Crippen molar-refractivity contribution >= 4 is 35.0 Å². The lowest BCUT2D eigenvalue weighted by Crippen LogP contribution is -2.57. The van der Waals surface area contributed by atoms with Crippen LogP contribution in [0.1, 0.15) is 50.4 Å². The first-order valence-corrected chi connectivity index (χ1v) is 16.6. The average Bonchev–Trinajstić information content (AvgIpc) is 3.65. The molecule has 11 nitrogen and oxygen atoms in total. The van der Waals surface area contributed by atoms with Crippen molar-refractivity contribution in [2.24, 2.45) is 5.41 Å². The minimum atomic E-state index is -0.933. The van der Waals surface area contributed by atoms with Gasteiger partial charge in [0.25, 0.3) is 0 Å². The Labute approximate surface area is 279 Å². The molecule has 4 rings (SSSR count). The first-order chi connectivity index (χ1) is 22.4. The number of nitrogens with zero attached hydrogens (tertiary/aromatic N) is 2. The van der Waals surface area contributed by atoms with E-state index in [1.165, 1.54) is 4.90 Å². The van der Waals surface area contributed by atoms with E-state index in [9.17, 15) is 24.3 Å². The summed E-state index contributed by atoms with van der Waals surface area (Å²) >= 11 is 1.57. The molecular weight excluding hydrogens is 620 g/mol. The fourth-order valence-corrected chi connectivity index (χ4v) is 6.12. The van der Waals surface area contributed by atoms with Crippen LogP contribution in [0.25, 0.3) is 10.4 Å². The third-order valence-corrected chi connectivity index (χ3v) is 8.84. The topological polar surface area (TPSA) is 147 Å². The molecule has 3 atom stereocenters. The van der Waals surface area contributed by atoms with E-state index in [1.807, 2.05) is 87.8 Å². The second-order valence-corrected chi connectivity index (χ2v) is 13.5. The highest BCUT2D eigenvalue weighted by Crippen LogP contribution is 2.28. The molecule has 3 amide bonds. The van der Waals surface area contributed by atoms with Crippen molar-refractivity contribution in [2.45, 2.75) is 71.7 Å². The van der Waals surface area contributed by atoms with Gasteiger partial charge in [0.2, 0.25) is 17.7 Å². The van der Waals surface area contributed by atoms with E-state index < -0.39 is 35.4 Å². The maximum Gasteiger partial charge on any atom is 0.310 e. The van der Waals surface area contributed by atoms with Crippen molar-refractivity contribution in [3.63, 3.8) is 0 Å². The summed E-state index contributed by atoms with van der Waals surface area (Å²) in [5.41, 5.74) is 4.91. The van der Waals surface area contributed by atoms with Gasteiger partial charge in [-0.2, -0.15) is 0 Å². The predicted octanol–water partition coefficient (Wildman–Crippen LogP) is 3.42. The van der Waals surface area contributed by atoms with Gasteiger partial charge in [0.05, 0.1) is 41.8 Å². The average molecular weight is 665 g/mol. The Kier molecular flexibility index (Phi) is 12.6. The van der Waals surface area contributed by atoms with Crippen LogP contribution in [0.3, 0.4) is 0 Å². The highest BCUT2D eigenvalue weighted by Gasteiger charge is 2.44. The lowest BCUT2D eigenvalue weighted by atomic mass is 9.85. The van der Waals surface area contributed by atoms with Gasteiger partial charge in [-0.25, -0.2) is 4.98 Å². The SMILES string of the molecule is Cc1ncsc1-c1ccc(CNC(=O)[C@@H]2C[C@@H](O)CN2C(=O)[C@@H](NC(=O)CCOCCOC(=O)Cc2ccccc2)C(C)(C)C)cc1. The Hall–Kier alpha value is -4.13. The van der Waals surface area contributed by atoms with Crippen LogP contribution in [0.2, 0.25) is 0 Å². The van der Waals surface area contributed by atoms with Crippen molar-refractivity contribution in [3.05, 3.63) is 76.9 Å². The number of nitrogens with one attached hydrogen (secondary N) is 2. The predicted molar refractivity (Wildman–Crippen MR) is 178 cm³/mol. The smallest absolute Gasteiger partial charge is 0.310 e. The monoisotopic (exact) mass is 664 g/mol. The van der Waals surface area contributed by atoms with Crippen LogP contribution < -0.4 is 10.6 Å². The van der Waals surface area contributed by atoms with Crippen LogP contribution in [-0.4, -0.2) is 83.2 Å². The number of benzene rings is 2. The number of aliphatic hydroxyl groups is 1. The van der Waals surface area contributed by atoms with E-state index in [2.05, 4.69) is 15.6 Å². The van der Waals surface area contributed by atoms with Crippen molar-refractivity contribution in [3.8, 4) is 10.4 Å². The standard InChI is InChI=1S/C35H44N4O7S/c1-23-31(47-22-37-23)26-12-10-25(11-13-26)20-36-33(43)28-19-27(40)21-39(28)34(44)32(35(2,3)4)38-29(41)14-15-45-16-17-46-30(42)18-24-8-6-5-7-9-24/h5-13,22,27-28,32,40H,14-21H2,1-4H3,(H,36,43)(H,38,41)/t27-,28+,32-/m1/s1. The van der Waals surface area contributed by atoms with Gasteiger partial charge in [-0.15, -0.1) is 11.3 Å². The molecule has 0 radical (unpaired) electrons. The quantitative estimate of drug-likeness (QED) is 0.176. The van der Waals surface area contributed by atoms with Gasteiger partial charge in [-0.05, 0) is 29.0 Å². The zero-order chi connectivity index (χ0) is 34.0. The molecule has 1 aliphatic rings. The summed E-state index contributed by atoms with van der Waals surface area (Å²) in [7, 11) is 0. The molecule has 252 valence electrons. The highest BCUT2D eigenvalue weighted by molar-refractivity contribution is 7.13. The maximum atomic E-state index is 13.8. The van der Waals surface area contributed by atoms with E-state index in [0.717, 1.165) is 27.3 Å². The third-order valence-electron chi connectivity index (χ3n) is 7.87. The number of amides is 3. The normalized spacial score (nSPS) is 16.8. The number of thiazole rings is 1. The summed E-state index contributed by atoms with van der Waals surface area (Å²) in [4.78, 5) is 58.6. The summed E-state index contributed by atoms with van der Waals surface area (Å²) in [5, 5.41) is 16.2. The first-order valence-electron chi connectivity index (χ1n) is 15.7. The summed E-state index contributed by atoms with van der Waals surface area (Å²) in [6.07, 6.45) is -0.589. The Morgan fingerprint density at radius 2 is 1.74 bits per heavy atom. The first kappa shape index (κ1) is 35.7. The van der Waals surface area contributed by atoms with Gasteiger partial charge < -0.3 is 30.1 Å². The van der Waals surface area contributed by atoms with E-state index in [4.69, 9.17) is 9.47 Å². The second-order valence-electron chi connectivity index (χ2n) is 12.7. The number of hydrogen-bond acceptors (Lipinski definition) is 9. The molecule has 2 heterocycles. The van der Waals surface area contributed by atoms with Crippen molar-refractivity contribution in [1.82, 2.24) is 20.5 Å². The van der Waals surface area contributed by atoms with Crippen LogP contribution in [0.15, 0.2) is 60.1 Å². The summed E-state index contributed by atoms with van der Waals surface area (Å²) in [6.45, 7) is 7.98. The Morgan fingerprint density at radius 1 is 1.02 bits per heavy atom. The zero-order valence-corrected chi connectivity index (χ0v) is 28.2. The summed E-state index contributed by atoms with van der Waals surface area (Å²) < 4.78 is 10.7. The molecular formula is C35H44N4O7S. The molecule has 0 bridgehead atoms. The molecule has 1 aliphatic heterocycles. The van der Waals surface area contributed by atoms with Gasteiger partial charge >= 0.3 is 5.97 Å². The number of ether oxygens (including phenoxy) is 2. The lowest BCUT2D eigenvalue weighted by molar-refractivity contribution is -0.145. The number of carbonyl (C=O) groups excluding carboxylic acids is 4. The van der Waals surface area contributed by atoms with E-state index >= 15 is 0 Å². The van der Waals surface area contributed by atoms with Crippen molar-refractivity contribution in [1.29, 1.82) is 0 Å². The Bertz CT molecular complexity index is 1500. The Balaban J connectivity index is 1.24. The fraction of sp³-hybridized carbons (Fsp3) is 0.457. The molecule has 2 aromatic carbocycles. The van der Waals surface area contributed by atoms with Gasteiger partial charge in [0, 0.05) is 25.9 Å². The minimum absolute atomic E-state index is 0.00558. The Morgan fingerprint density at radius 3 is 2.40 bits per heavy atom. The van der Waals surface area contributed by atoms with E-state index in [-0.39, 0.29) is 64.0 Å². The molecule has 0 saturated carbocycles. The number of esters is 1. The van der Waals surface area contributed by atoms with Crippen molar-refractivity contribution < 1.29 is 33.8 Å². The molecule has 3 N–H and O–H groups in total. The molecule has 1 aromatic heterocycles. The number of likely N-dealkylation sites (tertiary alicyclic amines) is 1. The summed E-state index contributed by atoms with van der Waals surface area (Å²) in [6, 6.07) is 15.3. The molecule has 0 unspecified atom stereocenters. The lowest BCUT2D eigenvalue weighted by Gasteiger charge is -2.35. The van der Waals surface area contributed by atoms with Gasteiger partial charge in [0.1, 0.15) is 18.7 Å². The zero-order valence-electron chi connectivity index (χ0n) is 27.4. The van der Waals surface area contributed by atoms with E-state index in [1.54, 1.807) is 11.3 Å². The van der Waals surface area contributed by atoms with Gasteiger partial charge in [-0.1, -0.05) is 75.4 Å². The van der Waals surface area contributed by atoms with Crippen LogP contribution in [0.5, 0.6) is 0 Å². The summed E-state index contributed by atoms with van der Waals surface area (Å²) in [5.74, 6) is -1.55. The molecule has 1 fully saturated rings. The molecule has 3 aromatic rings. The number of β-amino-alcohol motifs (C(OH)–C–C–N with tert-alkyl or cyclic N) is 1. The van der Waals surface area contributed by atoms with Gasteiger partial charge in [0.15, 0.2) is 0 Å². The number of aliphatic hydroxyl groups excluding tert-OH is 1. The highest BCUT2D eigenvalue weighted by atomic mass is 32.1. The largest absolute Gasteiger partial charge is 0.463 e. The molecule has 12 heteroatoms. The maximum absolute atomic E-state index is 13.8. The van der Waals surface area contributed by atoms with Crippen LogP contribution in [0, 0.1) is 12.3 Å². The molecule has 0 spiro atoms. The fourth-order valence-electron chi connectivity index (χ4n) is 5.31. The van der Waals surface area contributed by atoms with Crippen LogP contribution in [-0.2, 0) is 41.6 Å².